The minimum Gasteiger partial charge on any atom is -0.505 e. The highest BCUT2D eigenvalue weighted by Gasteiger charge is 2.50. The highest BCUT2D eigenvalue weighted by atomic mass is 16.7. The van der Waals surface area contributed by atoms with Gasteiger partial charge in [0.2, 0.25) is 0 Å². The van der Waals surface area contributed by atoms with Crippen LogP contribution in [0.15, 0.2) is 57.5 Å². The number of benzene rings is 3. The average molecular weight is 993 g/mol. The molecule has 0 spiro atoms. The van der Waals surface area contributed by atoms with Crippen LogP contribution in [0.5, 0.6) is 11.5 Å². The molecule has 3 aromatic carbocycles. The van der Waals surface area contributed by atoms with Gasteiger partial charge in [0.05, 0.1) is 29.4 Å². The minimum atomic E-state index is -2.01. The van der Waals surface area contributed by atoms with E-state index in [1.165, 1.54) is 34.1 Å². The van der Waals surface area contributed by atoms with Gasteiger partial charge in [0.1, 0.15) is 28.6 Å². The number of fused-ring (bicyclic) bond motifs is 2. The van der Waals surface area contributed by atoms with Crippen LogP contribution in [0.2, 0.25) is 0 Å². The topological polar surface area (TPSA) is 190 Å². The van der Waals surface area contributed by atoms with Crippen molar-refractivity contribution in [1.29, 1.82) is 0 Å². The molecule has 4 aromatic rings. The van der Waals surface area contributed by atoms with Crippen molar-refractivity contribution in [2.45, 2.75) is 145 Å². The number of phenolic OH excluding ortho intramolecular Hbond substituents is 1. The molecule has 3 aliphatic heterocycles. The van der Waals surface area contributed by atoms with E-state index in [0.29, 0.717) is 29.6 Å². The standard InChI is InChI=1S/C57H76N4O11/c1-28(2)25-38-26-40(61-22-19-39(20-23-61)60(14)29(3)4)27-42-46(38)58-47-43-44-50(64)36(11)53-45(43)55(66)57(13,72-53)69-24-21-41(68-15)35(10)52(70-37(12)62)34(9)32(7)33(8)49(63)30(5)17-16-18-31(6)56(67)59-48(51(44)65)54(47)71-42/h16-18,21,24,26-30,32-35,39,41,49,52,63,65H,19-20,22-23,25H2,1-15H3,(H,59,67)/b17-16+,24-21+,31-18-/t30-,32+,33-,34+,35+,41-,49-,52-,57-/m0/s1. The molecule has 4 bridgehead atoms. The van der Waals surface area contributed by atoms with Crippen molar-refractivity contribution in [3.8, 4) is 11.5 Å². The number of Topliss-reactive ketones (excluding diaryl/α,β-unsaturated/α-hetero) is 1. The molecule has 1 aromatic heterocycles. The second-order valence-electron chi connectivity index (χ2n) is 21.6. The van der Waals surface area contributed by atoms with Crippen LogP contribution < -0.4 is 20.4 Å². The zero-order valence-corrected chi connectivity index (χ0v) is 44.8. The van der Waals surface area contributed by atoms with Crippen LogP contribution in [0.25, 0.3) is 33.0 Å². The predicted molar refractivity (Wildman–Crippen MR) is 282 cm³/mol. The molecule has 72 heavy (non-hydrogen) atoms. The molecular weight excluding hydrogens is 917 g/mol. The fourth-order valence-electron chi connectivity index (χ4n) is 10.9. The Labute approximate surface area is 423 Å². The first-order chi connectivity index (χ1) is 33.9. The Bertz CT molecular complexity index is 2890. The SMILES string of the molecule is CO[C@H]1/C=C/O[C@@]2(C)Oc3c(C)c(=O)c4c(O)c(c5oc6cc(N7CCC(N(C)C(C)C)CC7)cc(CC(C)C)c6nc5c4c3C2=O)NC(=O)/C(C)=C\C=C\[C@H](C)[C@H](O)[C@@H](C)[C@@H](C)[C@@H](C)[C@H](OC(C)=O)[C@@H]1C. The van der Waals surface area contributed by atoms with E-state index in [4.69, 9.17) is 28.3 Å². The lowest BCUT2D eigenvalue weighted by Gasteiger charge is -2.39. The monoisotopic (exact) mass is 993 g/mol. The van der Waals surface area contributed by atoms with Gasteiger partial charge in [-0.3, -0.25) is 19.2 Å². The maximum absolute atomic E-state index is 15.1. The third-order valence-corrected chi connectivity index (χ3v) is 15.9. The summed E-state index contributed by atoms with van der Waals surface area (Å²) >= 11 is 0. The number of hydrogen-bond acceptors (Lipinski definition) is 14. The lowest BCUT2D eigenvalue weighted by atomic mass is 9.73. The Kier molecular flexibility index (Phi) is 16.0. The molecule has 15 nitrogen and oxygen atoms in total. The molecule has 1 saturated heterocycles. The van der Waals surface area contributed by atoms with Crippen molar-refractivity contribution in [3.63, 3.8) is 0 Å². The van der Waals surface area contributed by atoms with Crippen LogP contribution >= 0.6 is 0 Å². The molecule has 0 aliphatic carbocycles. The molecule has 390 valence electrons. The number of anilines is 2. The molecule has 9 atom stereocenters. The van der Waals surface area contributed by atoms with Crippen LogP contribution in [0, 0.1) is 42.4 Å². The summed E-state index contributed by atoms with van der Waals surface area (Å²) in [5, 5.41) is 26.7. The van der Waals surface area contributed by atoms with E-state index in [1.807, 2.05) is 46.8 Å². The van der Waals surface area contributed by atoms with E-state index >= 15 is 4.79 Å². The van der Waals surface area contributed by atoms with Gasteiger partial charge in [0.25, 0.3) is 11.7 Å². The van der Waals surface area contributed by atoms with E-state index in [0.717, 1.165) is 37.2 Å². The van der Waals surface area contributed by atoms with Crippen molar-refractivity contribution in [1.82, 2.24) is 9.88 Å². The number of phenols is 1. The first-order valence-electron chi connectivity index (χ1n) is 25.6. The van der Waals surface area contributed by atoms with Crippen molar-refractivity contribution in [3.05, 3.63) is 75.2 Å². The first-order valence-corrected chi connectivity index (χ1v) is 25.6. The molecule has 0 radical (unpaired) electrons. The zero-order valence-electron chi connectivity index (χ0n) is 44.8. The van der Waals surface area contributed by atoms with Crippen LogP contribution in [0.4, 0.5) is 11.4 Å². The number of piperidine rings is 1. The van der Waals surface area contributed by atoms with Gasteiger partial charge in [0.15, 0.2) is 22.3 Å². The smallest absolute Gasteiger partial charge is 0.312 e. The summed E-state index contributed by atoms with van der Waals surface area (Å²) in [5.74, 6) is -5.59. The highest BCUT2D eigenvalue weighted by molar-refractivity contribution is 6.26. The molecule has 7 rings (SSSR count). The number of hydrogen-bond donors (Lipinski definition) is 3. The number of aliphatic hydroxyl groups excluding tert-OH is 1. The molecule has 1 amide bonds. The van der Waals surface area contributed by atoms with E-state index in [-0.39, 0.29) is 79.6 Å². The third-order valence-electron chi connectivity index (χ3n) is 15.9. The van der Waals surface area contributed by atoms with Crippen molar-refractivity contribution in [2.75, 3.05) is 37.5 Å². The highest BCUT2D eigenvalue weighted by Crippen LogP contribution is 2.49. The molecule has 1 fully saturated rings. The number of esters is 1. The Morgan fingerprint density at radius 2 is 1.65 bits per heavy atom. The lowest BCUT2D eigenvalue weighted by Crippen LogP contribution is -2.45. The number of carbonyl (C=O) groups is 3. The number of allylic oxidation sites excluding steroid dienone is 2. The Morgan fingerprint density at radius 1 is 0.972 bits per heavy atom. The van der Waals surface area contributed by atoms with E-state index < -0.39 is 58.9 Å². The quantitative estimate of drug-likeness (QED) is 0.0686. The largest absolute Gasteiger partial charge is 0.505 e. The maximum Gasteiger partial charge on any atom is 0.312 e. The number of amides is 1. The van der Waals surface area contributed by atoms with Crippen molar-refractivity contribution < 1.29 is 48.0 Å². The van der Waals surface area contributed by atoms with Crippen molar-refractivity contribution in [2.24, 2.45) is 35.5 Å². The number of rotatable bonds is 7. The molecule has 3 aliphatic rings. The number of ether oxygens (including phenoxy) is 4. The lowest BCUT2D eigenvalue weighted by molar-refractivity contribution is -0.157. The molecule has 0 saturated carbocycles. The van der Waals surface area contributed by atoms with Crippen LogP contribution in [0.3, 0.4) is 0 Å². The molecular formula is C57H76N4O11. The maximum atomic E-state index is 15.1. The Balaban J connectivity index is 1.46. The van der Waals surface area contributed by atoms with E-state index in [9.17, 15) is 24.6 Å². The Morgan fingerprint density at radius 3 is 2.28 bits per heavy atom. The number of methoxy groups -OCH3 is 1. The fraction of sp³-hybridized carbons (Fsp3) is 0.561. The summed E-state index contributed by atoms with van der Waals surface area (Å²) in [6.07, 6.45) is 8.49. The summed E-state index contributed by atoms with van der Waals surface area (Å²) in [7, 11) is 3.70. The van der Waals surface area contributed by atoms with E-state index in [2.05, 4.69) is 55.9 Å². The van der Waals surface area contributed by atoms with Crippen LogP contribution in [0.1, 0.15) is 117 Å². The van der Waals surface area contributed by atoms with Gasteiger partial charge < -0.3 is 48.7 Å². The van der Waals surface area contributed by atoms with Gasteiger partial charge in [-0.25, -0.2) is 4.98 Å². The second kappa shape index (κ2) is 21.4. The number of aromatic nitrogens is 1. The summed E-state index contributed by atoms with van der Waals surface area (Å²) < 4.78 is 31.4. The van der Waals surface area contributed by atoms with Crippen LogP contribution in [-0.4, -0.2) is 101 Å². The number of nitrogens with one attached hydrogen (secondary N) is 1. The summed E-state index contributed by atoms with van der Waals surface area (Å²) in [6.45, 7) is 26.0. The van der Waals surface area contributed by atoms with E-state index in [1.54, 1.807) is 25.2 Å². The number of aromatic hydroxyl groups is 1. The molecule has 4 heterocycles. The summed E-state index contributed by atoms with van der Waals surface area (Å²) in [5.41, 5.74) is 2.16. The number of nitrogens with zero attached hydrogens (tertiary/aromatic N) is 3. The first kappa shape index (κ1) is 54.0. The van der Waals surface area contributed by atoms with Crippen molar-refractivity contribution >= 4 is 62.0 Å². The van der Waals surface area contributed by atoms with Gasteiger partial charge in [-0.1, -0.05) is 66.7 Å². The number of ketones is 1. The number of aliphatic hydroxyl groups is 1. The normalized spacial score (nSPS) is 28.7. The number of carbonyl (C=O) groups excluding carboxylic acids is 3. The third kappa shape index (κ3) is 10.3. The minimum absolute atomic E-state index is 0.00359. The van der Waals surface area contributed by atoms with Gasteiger partial charge >= 0.3 is 11.8 Å². The molecule has 3 N–H and O–H groups in total. The summed E-state index contributed by atoms with van der Waals surface area (Å²) in [6, 6.07) is 4.95. The average Bonchev–Trinajstić information content (AvgIpc) is 3.60. The van der Waals surface area contributed by atoms with Gasteiger partial charge in [-0.05, 0) is 95.4 Å². The fourth-order valence-corrected chi connectivity index (χ4v) is 10.9. The predicted octanol–water partition coefficient (Wildman–Crippen LogP) is 9.78. The second-order valence-corrected chi connectivity index (χ2v) is 21.6. The zero-order chi connectivity index (χ0) is 52.8. The molecule has 0 unspecified atom stereocenters. The van der Waals surface area contributed by atoms with Gasteiger partial charge in [0, 0.05) is 86.2 Å². The summed E-state index contributed by atoms with van der Waals surface area (Å²) in [4.78, 5) is 66.7. The van der Waals surface area contributed by atoms with Gasteiger partial charge in [-0.2, -0.15) is 0 Å². The molecule has 15 heteroatoms. The Hall–Kier alpha value is -5.77. The van der Waals surface area contributed by atoms with Crippen LogP contribution in [-0.2, 0) is 30.2 Å². The van der Waals surface area contributed by atoms with Gasteiger partial charge in [-0.15, -0.1) is 0 Å².